The standard InChI is InChI=1S/C17H15ClN4S/c18-13-3-1-12(2-4-13)14-9-17(22-5-7-23-8-6-22)21-16-11-20-19-10-15(14)16/h1-4,9-11H,5-8H2. The molecule has 4 rings (SSSR count). The zero-order valence-electron chi connectivity index (χ0n) is 12.4. The largest absolute Gasteiger partial charge is 0.355 e. The summed E-state index contributed by atoms with van der Waals surface area (Å²) in [6, 6.07) is 10.0. The first-order chi connectivity index (χ1) is 11.3. The van der Waals surface area contributed by atoms with E-state index in [2.05, 4.69) is 21.2 Å². The summed E-state index contributed by atoms with van der Waals surface area (Å²) < 4.78 is 0. The summed E-state index contributed by atoms with van der Waals surface area (Å²) in [5.41, 5.74) is 3.11. The molecular weight excluding hydrogens is 328 g/mol. The second-order valence-electron chi connectivity index (χ2n) is 5.42. The van der Waals surface area contributed by atoms with E-state index < -0.39 is 0 Å². The second-order valence-corrected chi connectivity index (χ2v) is 7.08. The number of hydrogen-bond donors (Lipinski definition) is 0. The maximum absolute atomic E-state index is 6.03. The summed E-state index contributed by atoms with van der Waals surface area (Å²) in [5, 5.41) is 9.77. The van der Waals surface area contributed by atoms with Crippen molar-refractivity contribution in [3.63, 3.8) is 0 Å². The van der Waals surface area contributed by atoms with Crippen LogP contribution in [0, 0.1) is 0 Å². The van der Waals surface area contributed by atoms with Crippen LogP contribution in [-0.2, 0) is 0 Å². The molecule has 0 bridgehead atoms. The van der Waals surface area contributed by atoms with Crippen molar-refractivity contribution in [2.75, 3.05) is 29.5 Å². The van der Waals surface area contributed by atoms with Gasteiger partial charge in [-0.25, -0.2) is 4.98 Å². The van der Waals surface area contributed by atoms with E-state index in [4.69, 9.17) is 16.6 Å². The summed E-state index contributed by atoms with van der Waals surface area (Å²) >= 11 is 8.02. The zero-order valence-corrected chi connectivity index (χ0v) is 14.0. The van der Waals surface area contributed by atoms with E-state index in [-0.39, 0.29) is 0 Å². The summed E-state index contributed by atoms with van der Waals surface area (Å²) in [6.45, 7) is 2.06. The van der Waals surface area contributed by atoms with Crippen LogP contribution in [0.1, 0.15) is 0 Å². The summed E-state index contributed by atoms with van der Waals surface area (Å²) in [4.78, 5) is 7.13. The first-order valence-corrected chi connectivity index (χ1v) is 9.04. The van der Waals surface area contributed by atoms with Gasteiger partial charge in [-0.05, 0) is 29.3 Å². The Morgan fingerprint density at radius 1 is 1.00 bits per heavy atom. The predicted molar refractivity (Wildman–Crippen MR) is 97.3 cm³/mol. The molecule has 0 N–H and O–H groups in total. The van der Waals surface area contributed by atoms with E-state index in [9.17, 15) is 0 Å². The number of anilines is 1. The van der Waals surface area contributed by atoms with Crippen molar-refractivity contribution in [1.82, 2.24) is 15.2 Å². The molecule has 3 heterocycles. The molecule has 1 aliphatic rings. The Bertz CT molecular complexity index is 832. The van der Waals surface area contributed by atoms with E-state index >= 15 is 0 Å². The minimum atomic E-state index is 0.736. The Kier molecular flexibility index (Phi) is 4.06. The number of thioether (sulfide) groups is 1. The predicted octanol–water partition coefficient (Wildman–Crippen LogP) is 3.90. The van der Waals surface area contributed by atoms with E-state index in [1.807, 2.05) is 36.0 Å². The molecule has 6 heteroatoms. The molecule has 1 aliphatic heterocycles. The first-order valence-electron chi connectivity index (χ1n) is 7.51. The van der Waals surface area contributed by atoms with Gasteiger partial charge in [0, 0.05) is 35.0 Å². The smallest absolute Gasteiger partial charge is 0.129 e. The van der Waals surface area contributed by atoms with Crippen molar-refractivity contribution in [3.05, 3.63) is 47.7 Å². The van der Waals surface area contributed by atoms with Gasteiger partial charge in [-0.1, -0.05) is 23.7 Å². The molecule has 4 nitrogen and oxygen atoms in total. The van der Waals surface area contributed by atoms with Crippen molar-refractivity contribution >= 4 is 40.1 Å². The third-order valence-corrected chi connectivity index (χ3v) is 5.19. The monoisotopic (exact) mass is 342 g/mol. The minimum Gasteiger partial charge on any atom is -0.355 e. The molecule has 3 aromatic rings. The quantitative estimate of drug-likeness (QED) is 0.706. The first kappa shape index (κ1) is 14.7. The molecule has 1 saturated heterocycles. The van der Waals surface area contributed by atoms with Gasteiger partial charge in [0.15, 0.2) is 0 Å². The molecule has 23 heavy (non-hydrogen) atoms. The third-order valence-electron chi connectivity index (χ3n) is 4.00. The van der Waals surface area contributed by atoms with Crippen molar-refractivity contribution in [3.8, 4) is 11.1 Å². The van der Waals surface area contributed by atoms with Crippen molar-refractivity contribution in [1.29, 1.82) is 0 Å². The molecule has 0 aliphatic carbocycles. The number of aromatic nitrogens is 3. The normalized spacial score (nSPS) is 15.1. The third kappa shape index (κ3) is 2.99. The van der Waals surface area contributed by atoms with Gasteiger partial charge in [0.05, 0.1) is 17.9 Å². The van der Waals surface area contributed by atoms with Crippen LogP contribution in [0.5, 0.6) is 0 Å². The molecule has 1 fully saturated rings. The lowest BCUT2D eigenvalue weighted by Crippen LogP contribution is -2.33. The molecule has 0 saturated carbocycles. The number of pyridine rings is 1. The van der Waals surface area contributed by atoms with Gasteiger partial charge in [0.1, 0.15) is 5.82 Å². The Morgan fingerprint density at radius 2 is 1.74 bits per heavy atom. The second kappa shape index (κ2) is 6.34. The number of fused-ring (bicyclic) bond motifs is 1. The molecule has 2 aromatic heterocycles. The maximum atomic E-state index is 6.03. The maximum Gasteiger partial charge on any atom is 0.129 e. The molecule has 1 aromatic carbocycles. The zero-order chi connectivity index (χ0) is 15.6. The average molecular weight is 343 g/mol. The number of rotatable bonds is 2. The van der Waals surface area contributed by atoms with Gasteiger partial charge in [-0.15, -0.1) is 0 Å². The average Bonchev–Trinajstić information content (AvgIpc) is 2.62. The van der Waals surface area contributed by atoms with E-state index in [1.165, 1.54) is 0 Å². The van der Waals surface area contributed by atoms with Crippen LogP contribution in [-0.4, -0.2) is 39.8 Å². The fraction of sp³-hybridized carbons (Fsp3) is 0.235. The minimum absolute atomic E-state index is 0.736. The number of halogens is 1. The van der Waals surface area contributed by atoms with Crippen LogP contribution in [0.15, 0.2) is 42.7 Å². The van der Waals surface area contributed by atoms with Crippen molar-refractivity contribution in [2.45, 2.75) is 0 Å². The van der Waals surface area contributed by atoms with E-state index in [0.29, 0.717) is 0 Å². The van der Waals surface area contributed by atoms with Crippen LogP contribution in [0.2, 0.25) is 5.02 Å². The summed E-state index contributed by atoms with van der Waals surface area (Å²) in [5.74, 6) is 3.30. The fourth-order valence-corrected chi connectivity index (χ4v) is 3.83. The number of hydrogen-bond acceptors (Lipinski definition) is 5. The van der Waals surface area contributed by atoms with Crippen LogP contribution in [0.3, 0.4) is 0 Å². The summed E-state index contributed by atoms with van der Waals surface area (Å²) in [7, 11) is 0. The SMILES string of the molecule is Clc1ccc(-c2cc(N3CCSCC3)nc3cnncc23)cc1. The van der Waals surface area contributed by atoms with E-state index in [0.717, 1.165) is 57.5 Å². The summed E-state index contributed by atoms with van der Waals surface area (Å²) in [6.07, 6.45) is 3.51. The lowest BCUT2D eigenvalue weighted by Gasteiger charge is -2.28. The molecular formula is C17H15ClN4S. The van der Waals surface area contributed by atoms with Crippen molar-refractivity contribution in [2.24, 2.45) is 0 Å². The van der Waals surface area contributed by atoms with Gasteiger partial charge < -0.3 is 4.90 Å². The van der Waals surface area contributed by atoms with E-state index in [1.54, 1.807) is 12.4 Å². The highest BCUT2D eigenvalue weighted by atomic mass is 35.5. The van der Waals surface area contributed by atoms with Crippen LogP contribution < -0.4 is 4.90 Å². The molecule has 116 valence electrons. The molecule has 0 amide bonds. The fourth-order valence-electron chi connectivity index (χ4n) is 2.80. The molecule has 0 unspecified atom stereocenters. The number of benzene rings is 1. The highest BCUT2D eigenvalue weighted by Gasteiger charge is 2.16. The lowest BCUT2D eigenvalue weighted by molar-refractivity contribution is 0.842. The van der Waals surface area contributed by atoms with Gasteiger partial charge in [0.2, 0.25) is 0 Å². The number of nitrogens with zero attached hydrogens (tertiary/aromatic N) is 4. The van der Waals surface area contributed by atoms with Crippen LogP contribution in [0.4, 0.5) is 5.82 Å². The molecule has 0 atom stereocenters. The van der Waals surface area contributed by atoms with Gasteiger partial charge in [0.25, 0.3) is 0 Å². The highest BCUT2D eigenvalue weighted by Crippen LogP contribution is 2.32. The topological polar surface area (TPSA) is 41.9 Å². The Hall–Kier alpha value is -1.85. The van der Waals surface area contributed by atoms with Crippen LogP contribution >= 0.6 is 23.4 Å². The van der Waals surface area contributed by atoms with Gasteiger partial charge in [-0.2, -0.15) is 22.0 Å². The Labute approximate surface area is 143 Å². The highest BCUT2D eigenvalue weighted by molar-refractivity contribution is 7.99. The molecule has 0 radical (unpaired) electrons. The lowest BCUT2D eigenvalue weighted by atomic mass is 10.0. The Morgan fingerprint density at radius 3 is 2.52 bits per heavy atom. The van der Waals surface area contributed by atoms with Gasteiger partial charge in [-0.3, -0.25) is 0 Å². The van der Waals surface area contributed by atoms with Crippen LogP contribution in [0.25, 0.3) is 22.0 Å². The Balaban J connectivity index is 1.88. The molecule has 0 spiro atoms. The van der Waals surface area contributed by atoms with Gasteiger partial charge >= 0.3 is 0 Å². The van der Waals surface area contributed by atoms with Crippen molar-refractivity contribution < 1.29 is 0 Å².